The third-order valence-corrected chi connectivity index (χ3v) is 5.71. The highest BCUT2D eigenvalue weighted by Gasteiger charge is 2.45. The van der Waals surface area contributed by atoms with Crippen LogP contribution in [0.15, 0.2) is 42.5 Å². The van der Waals surface area contributed by atoms with Gasteiger partial charge in [-0.05, 0) is 60.6 Å². The summed E-state index contributed by atoms with van der Waals surface area (Å²) in [7, 11) is 0. The second-order valence-corrected chi connectivity index (χ2v) is 7.77. The topological polar surface area (TPSA) is 52.6 Å². The number of hydrogen-bond acceptors (Lipinski definition) is 3. The number of para-hydroxylation sites is 1. The van der Waals surface area contributed by atoms with Crippen LogP contribution in [0.2, 0.25) is 0 Å². The Morgan fingerprint density at radius 1 is 1.14 bits per heavy atom. The average molecular weight is 386 g/mol. The van der Waals surface area contributed by atoms with Crippen molar-refractivity contribution in [2.24, 2.45) is 5.92 Å². The van der Waals surface area contributed by atoms with Crippen LogP contribution in [0, 0.1) is 17.6 Å². The van der Waals surface area contributed by atoms with Crippen LogP contribution >= 0.6 is 0 Å². The van der Waals surface area contributed by atoms with E-state index < -0.39 is 11.6 Å². The molecule has 6 heteroatoms. The number of amides is 1. The predicted molar refractivity (Wildman–Crippen MR) is 103 cm³/mol. The summed E-state index contributed by atoms with van der Waals surface area (Å²) in [6.45, 7) is 2.36. The van der Waals surface area contributed by atoms with Gasteiger partial charge in [-0.25, -0.2) is 8.78 Å². The first-order valence-corrected chi connectivity index (χ1v) is 9.75. The number of anilines is 1. The van der Waals surface area contributed by atoms with E-state index in [2.05, 4.69) is 10.2 Å². The zero-order chi connectivity index (χ0) is 19.7. The standard InChI is InChI=1S/C22H24F2N2O2/c23-15-5-6-20(24)18(11-15)17-12-19(17)22(28)25-21-4-2-1-3-14(21)13-26-9-7-16(27)8-10-26/h1-6,11,16-17,19,27H,7-10,12-13H2,(H,25,28)/t17-,19-/m0/s1. The maximum absolute atomic E-state index is 14.0. The summed E-state index contributed by atoms with van der Waals surface area (Å²) >= 11 is 0. The summed E-state index contributed by atoms with van der Waals surface area (Å²) in [5.41, 5.74) is 2.05. The summed E-state index contributed by atoms with van der Waals surface area (Å²) < 4.78 is 27.4. The molecule has 4 nitrogen and oxygen atoms in total. The third-order valence-electron chi connectivity index (χ3n) is 5.71. The minimum atomic E-state index is -0.487. The Balaban J connectivity index is 1.41. The zero-order valence-electron chi connectivity index (χ0n) is 15.6. The molecule has 1 aliphatic heterocycles. The second-order valence-electron chi connectivity index (χ2n) is 7.77. The number of carbonyl (C=O) groups excluding carboxylic acids is 1. The van der Waals surface area contributed by atoms with Crippen molar-refractivity contribution in [2.45, 2.75) is 37.8 Å². The van der Waals surface area contributed by atoms with Gasteiger partial charge in [0, 0.05) is 31.2 Å². The second kappa shape index (κ2) is 7.97. The van der Waals surface area contributed by atoms with Crippen LogP contribution < -0.4 is 5.32 Å². The Bertz CT molecular complexity index is 865. The molecule has 0 bridgehead atoms. The number of aliphatic hydroxyl groups is 1. The van der Waals surface area contributed by atoms with Crippen LogP contribution in [-0.4, -0.2) is 35.1 Å². The van der Waals surface area contributed by atoms with Gasteiger partial charge in [0.15, 0.2) is 0 Å². The molecule has 2 aromatic rings. The normalized spacial score (nSPS) is 22.8. The Hall–Kier alpha value is -2.31. The Kier molecular flexibility index (Phi) is 5.42. The van der Waals surface area contributed by atoms with E-state index in [-0.39, 0.29) is 29.4 Å². The molecule has 1 aliphatic carbocycles. The number of rotatable bonds is 5. The number of benzene rings is 2. The maximum Gasteiger partial charge on any atom is 0.228 e. The molecule has 1 heterocycles. The first-order valence-electron chi connectivity index (χ1n) is 9.75. The summed E-state index contributed by atoms with van der Waals surface area (Å²) in [5.74, 6) is -1.72. The predicted octanol–water partition coefficient (Wildman–Crippen LogP) is 3.66. The van der Waals surface area contributed by atoms with E-state index in [0.29, 0.717) is 13.0 Å². The molecule has 28 heavy (non-hydrogen) atoms. The highest BCUT2D eigenvalue weighted by molar-refractivity contribution is 5.95. The molecule has 2 fully saturated rings. The number of aliphatic hydroxyl groups excluding tert-OH is 1. The van der Waals surface area contributed by atoms with Gasteiger partial charge in [0.2, 0.25) is 5.91 Å². The van der Waals surface area contributed by atoms with E-state index in [4.69, 9.17) is 0 Å². The largest absolute Gasteiger partial charge is 0.393 e. The molecular weight excluding hydrogens is 362 g/mol. The van der Waals surface area contributed by atoms with E-state index in [0.717, 1.165) is 49.3 Å². The smallest absolute Gasteiger partial charge is 0.228 e. The van der Waals surface area contributed by atoms with Crippen molar-refractivity contribution in [3.63, 3.8) is 0 Å². The number of halogens is 2. The molecule has 1 amide bonds. The fourth-order valence-corrected chi connectivity index (χ4v) is 3.95. The van der Waals surface area contributed by atoms with Gasteiger partial charge in [-0.2, -0.15) is 0 Å². The summed E-state index contributed by atoms with van der Waals surface area (Å²) in [4.78, 5) is 14.9. The number of likely N-dealkylation sites (tertiary alicyclic amines) is 1. The maximum atomic E-state index is 14.0. The molecule has 0 radical (unpaired) electrons. The molecule has 0 spiro atoms. The van der Waals surface area contributed by atoms with Gasteiger partial charge >= 0.3 is 0 Å². The monoisotopic (exact) mass is 386 g/mol. The van der Waals surface area contributed by atoms with Gasteiger partial charge < -0.3 is 10.4 Å². The molecule has 148 valence electrons. The lowest BCUT2D eigenvalue weighted by molar-refractivity contribution is -0.117. The molecule has 1 saturated heterocycles. The Morgan fingerprint density at radius 3 is 2.68 bits per heavy atom. The van der Waals surface area contributed by atoms with Crippen LogP contribution in [0.5, 0.6) is 0 Å². The fraction of sp³-hybridized carbons (Fsp3) is 0.409. The Labute approximate surface area is 163 Å². The van der Waals surface area contributed by atoms with Gasteiger partial charge in [0.05, 0.1) is 6.10 Å². The molecule has 2 aromatic carbocycles. The molecule has 1 saturated carbocycles. The Morgan fingerprint density at radius 2 is 1.89 bits per heavy atom. The van der Waals surface area contributed by atoms with Crippen LogP contribution in [-0.2, 0) is 11.3 Å². The summed E-state index contributed by atoms with van der Waals surface area (Å²) in [6.07, 6.45) is 1.83. The van der Waals surface area contributed by atoms with E-state index in [9.17, 15) is 18.7 Å². The average Bonchev–Trinajstić information content (AvgIpc) is 3.48. The number of nitrogens with one attached hydrogen (secondary N) is 1. The van der Waals surface area contributed by atoms with Crippen molar-refractivity contribution in [3.8, 4) is 0 Å². The quantitative estimate of drug-likeness (QED) is 0.825. The third kappa shape index (κ3) is 4.23. The molecule has 2 N–H and O–H groups in total. The number of hydrogen-bond donors (Lipinski definition) is 2. The lowest BCUT2D eigenvalue weighted by Crippen LogP contribution is -2.35. The minimum Gasteiger partial charge on any atom is -0.393 e. The van der Waals surface area contributed by atoms with Crippen molar-refractivity contribution in [2.75, 3.05) is 18.4 Å². The molecule has 4 rings (SSSR count). The number of carbonyl (C=O) groups is 1. The van der Waals surface area contributed by atoms with Crippen molar-refractivity contribution in [1.29, 1.82) is 0 Å². The van der Waals surface area contributed by atoms with Crippen molar-refractivity contribution in [3.05, 3.63) is 65.2 Å². The van der Waals surface area contributed by atoms with E-state index in [1.54, 1.807) is 0 Å². The van der Waals surface area contributed by atoms with Gasteiger partial charge in [-0.1, -0.05) is 18.2 Å². The highest BCUT2D eigenvalue weighted by Crippen LogP contribution is 2.49. The molecular formula is C22H24F2N2O2. The first kappa shape index (κ1) is 19.0. The summed E-state index contributed by atoms with van der Waals surface area (Å²) in [6, 6.07) is 11.0. The first-order chi connectivity index (χ1) is 13.5. The van der Waals surface area contributed by atoms with Gasteiger partial charge in [-0.3, -0.25) is 9.69 Å². The van der Waals surface area contributed by atoms with E-state index in [1.807, 2.05) is 24.3 Å². The highest BCUT2D eigenvalue weighted by atomic mass is 19.1. The van der Waals surface area contributed by atoms with E-state index >= 15 is 0 Å². The van der Waals surface area contributed by atoms with Crippen molar-refractivity contribution < 1.29 is 18.7 Å². The number of nitrogens with zero attached hydrogens (tertiary/aromatic N) is 1. The lowest BCUT2D eigenvalue weighted by Gasteiger charge is -2.30. The van der Waals surface area contributed by atoms with Crippen LogP contribution in [0.1, 0.15) is 36.3 Å². The van der Waals surface area contributed by atoms with Gasteiger partial charge in [0.25, 0.3) is 0 Å². The molecule has 0 aromatic heterocycles. The zero-order valence-corrected chi connectivity index (χ0v) is 15.6. The number of piperidine rings is 1. The van der Waals surface area contributed by atoms with Gasteiger partial charge in [0.1, 0.15) is 11.6 Å². The fourth-order valence-electron chi connectivity index (χ4n) is 3.95. The van der Waals surface area contributed by atoms with Crippen molar-refractivity contribution >= 4 is 11.6 Å². The van der Waals surface area contributed by atoms with Crippen LogP contribution in [0.3, 0.4) is 0 Å². The van der Waals surface area contributed by atoms with Gasteiger partial charge in [-0.15, -0.1) is 0 Å². The lowest BCUT2D eigenvalue weighted by atomic mass is 10.1. The minimum absolute atomic E-state index is 0.157. The SMILES string of the molecule is O=C(Nc1ccccc1CN1CCC(O)CC1)[C@H]1C[C@H]1c1cc(F)ccc1F. The molecule has 2 aliphatic rings. The molecule has 2 atom stereocenters. The van der Waals surface area contributed by atoms with Crippen LogP contribution in [0.4, 0.5) is 14.5 Å². The van der Waals surface area contributed by atoms with Crippen molar-refractivity contribution in [1.82, 2.24) is 4.90 Å². The summed E-state index contributed by atoms with van der Waals surface area (Å²) in [5, 5.41) is 12.6. The van der Waals surface area contributed by atoms with Crippen LogP contribution in [0.25, 0.3) is 0 Å². The van der Waals surface area contributed by atoms with E-state index in [1.165, 1.54) is 6.07 Å². The molecule has 0 unspecified atom stereocenters.